The van der Waals surface area contributed by atoms with Gasteiger partial charge in [-0.2, -0.15) is 0 Å². The molecular weight excluding hydrogens is 258 g/mol. The van der Waals surface area contributed by atoms with Crippen LogP contribution in [0.5, 0.6) is 0 Å². The number of benzene rings is 2. The smallest absolute Gasteiger partial charge is 0.224 e. The van der Waals surface area contributed by atoms with Crippen molar-refractivity contribution in [3.63, 3.8) is 0 Å². The van der Waals surface area contributed by atoms with Crippen LogP contribution in [0.2, 0.25) is 0 Å². The molecule has 1 amide bonds. The van der Waals surface area contributed by atoms with E-state index in [4.69, 9.17) is 0 Å². The fourth-order valence-electron chi connectivity index (χ4n) is 3.25. The van der Waals surface area contributed by atoms with Crippen molar-refractivity contribution < 1.29 is 4.79 Å². The molecule has 3 rings (SSSR count). The van der Waals surface area contributed by atoms with Crippen LogP contribution in [0.25, 0.3) is 10.8 Å². The van der Waals surface area contributed by atoms with Crippen molar-refractivity contribution in [3.05, 3.63) is 48.0 Å². The van der Waals surface area contributed by atoms with E-state index in [1.165, 1.54) is 42.9 Å². The molecule has 2 heteroatoms. The van der Waals surface area contributed by atoms with Gasteiger partial charge in [-0.25, -0.2) is 0 Å². The highest BCUT2D eigenvalue weighted by molar-refractivity contribution is 5.85. The van der Waals surface area contributed by atoms with Crippen molar-refractivity contribution >= 4 is 16.7 Å². The second-order valence-corrected chi connectivity index (χ2v) is 6.17. The summed E-state index contributed by atoms with van der Waals surface area (Å²) >= 11 is 0. The fourth-order valence-corrected chi connectivity index (χ4v) is 3.25. The second kappa shape index (κ2) is 6.75. The number of nitrogens with one attached hydrogen (secondary N) is 1. The SMILES string of the molecule is O=C(Cc1ccc2ccccc2c1)NCC1CCCCC1. The average Bonchev–Trinajstić information content (AvgIpc) is 2.54. The van der Waals surface area contributed by atoms with Crippen molar-refractivity contribution in [2.24, 2.45) is 5.92 Å². The van der Waals surface area contributed by atoms with Gasteiger partial charge in [0.05, 0.1) is 6.42 Å². The number of carbonyl (C=O) groups is 1. The molecule has 1 fully saturated rings. The van der Waals surface area contributed by atoms with Gasteiger partial charge < -0.3 is 5.32 Å². The predicted molar refractivity (Wildman–Crippen MR) is 87.2 cm³/mol. The average molecular weight is 281 g/mol. The van der Waals surface area contributed by atoms with Gasteiger partial charge in [0.2, 0.25) is 5.91 Å². The maximum absolute atomic E-state index is 12.1. The molecule has 0 aromatic heterocycles. The molecule has 0 bridgehead atoms. The topological polar surface area (TPSA) is 29.1 Å². The van der Waals surface area contributed by atoms with E-state index in [0.29, 0.717) is 12.3 Å². The number of amides is 1. The minimum atomic E-state index is 0.149. The molecule has 0 spiro atoms. The Morgan fingerprint density at radius 1 is 1.00 bits per heavy atom. The van der Waals surface area contributed by atoms with E-state index in [9.17, 15) is 4.79 Å². The Bertz CT molecular complexity index is 614. The molecule has 1 saturated carbocycles. The highest BCUT2D eigenvalue weighted by Gasteiger charge is 2.14. The lowest BCUT2D eigenvalue weighted by Crippen LogP contribution is -2.31. The maximum Gasteiger partial charge on any atom is 0.224 e. The van der Waals surface area contributed by atoms with Gasteiger partial charge in [0.1, 0.15) is 0 Å². The Morgan fingerprint density at radius 2 is 1.76 bits per heavy atom. The van der Waals surface area contributed by atoms with Gasteiger partial charge in [-0.1, -0.05) is 61.7 Å². The largest absolute Gasteiger partial charge is 0.356 e. The quantitative estimate of drug-likeness (QED) is 0.899. The van der Waals surface area contributed by atoms with Crippen molar-refractivity contribution in [3.8, 4) is 0 Å². The summed E-state index contributed by atoms with van der Waals surface area (Å²) in [5.41, 5.74) is 1.09. The van der Waals surface area contributed by atoms with Crippen LogP contribution >= 0.6 is 0 Å². The molecule has 1 aliphatic rings. The molecule has 0 unspecified atom stereocenters. The van der Waals surface area contributed by atoms with Crippen molar-refractivity contribution in [1.29, 1.82) is 0 Å². The molecule has 110 valence electrons. The first-order chi connectivity index (χ1) is 10.3. The van der Waals surface area contributed by atoms with Crippen LogP contribution in [0.1, 0.15) is 37.7 Å². The van der Waals surface area contributed by atoms with Gasteiger partial charge in [0, 0.05) is 6.54 Å². The van der Waals surface area contributed by atoms with Gasteiger partial charge in [-0.3, -0.25) is 4.79 Å². The number of carbonyl (C=O) groups excluding carboxylic acids is 1. The van der Waals surface area contributed by atoms with Crippen molar-refractivity contribution in [2.75, 3.05) is 6.54 Å². The molecule has 2 nitrogen and oxygen atoms in total. The summed E-state index contributed by atoms with van der Waals surface area (Å²) in [5, 5.41) is 5.54. The minimum Gasteiger partial charge on any atom is -0.356 e. The zero-order valence-electron chi connectivity index (χ0n) is 12.5. The first kappa shape index (κ1) is 14.1. The van der Waals surface area contributed by atoms with E-state index in [2.05, 4.69) is 35.6 Å². The summed E-state index contributed by atoms with van der Waals surface area (Å²) in [6, 6.07) is 14.5. The zero-order chi connectivity index (χ0) is 14.5. The van der Waals surface area contributed by atoms with Gasteiger partial charge in [0.25, 0.3) is 0 Å². The molecule has 0 aliphatic heterocycles. The zero-order valence-corrected chi connectivity index (χ0v) is 12.5. The Morgan fingerprint density at radius 3 is 2.57 bits per heavy atom. The van der Waals surface area contributed by atoms with Crippen LogP contribution in [0.4, 0.5) is 0 Å². The molecule has 2 aromatic carbocycles. The summed E-state index contributed by atoms with van der Waals surface area (Å²) in [6.07, 6.45) is 7.04. The van der Waals surface area contributed by atoms with E-state index in [0.717, 1.165) is 12.1 Å². The molecule has 1 aliphatic carbocycles. The predicted octanol–water partition coefficient (Wildman–Crippen LogP) is 4.08. The van der Waals surface area contributed by atoms with E-state index >= 15 is 0 Å². The first-order valence-corrected chi connectivity index (χ1v) is 8.05. The summed E-state index contributed by atoms with van der Waals surface area (Å²) in [7, 11) is 0. The van der Waals surface area contributed by atoms with Gasteiger partial charge in [-0.05, 0) is 35.1 Å². The Balaban J connectivity index is 1.55. The van der Waals surface area contributed by atoms with Gasteiger partial charge in [0.15, 0.2) is 0 Å². The molecule has 0 saturated heterocycles. The Labute approximate surface area is 126 Å². The molecular formula is C19H23NO. The lowest BCUT2D eigenvalue weighted by molar-refractivity contribution is -0.120. The van der Waals surface area contributed by atoms with E-state index < -0.39 is 0 Å². The number of hydrogen-bond acceptors (Lipinski definition) is 1. The number of hydrogen-bond donors (Lipinski definition) is 1. The van der Waals surface area contributed by atoms with E-state index in [-0.39, 0.29) is 5.91 Å². The first-order valence-electron chi connectivity index (χ1n) is 8.05. The Hall–Kier alpha value is -1.83. The third-order valence-electron chi connectivity index (χ3n) is 4.49. The monoisotopic (exact) mass is 281 g/mol. The maximum atomic E-state index is 12.1. The highest BCUT2D eigenvalue weighted by Crippen LogP contribution is 2.22. The van der Waals surface area contributed by atoms with Gasteiger partial charge >= 0.3 is 0 Å². The Kier molecular flexibility index (Phi) is 4.54. The lowest BCUT2D eigenvalue weighted by Gasteiger charge is -2.21. The standard InChI is InChI=1S/C19H23NO/c21-19(20-14-15-6-2-1-3-7-15)13-16-10-11-17-8-4-5-9-18(17)12-16/h4-5,8-12,15H,1-3,6-7,13-14H2,(H,20,21). The van der Waals surface area contributed by atoms with Crippen LogP contribution in [-0.4, -0.2) is 12.5 Å². The van der Waals surface area contributed by atoms with Crippen LogP contribution in [0, 0.1) is 5.92 Å². The summed E-state index contributed by atoms with van der Waals surface area (Å²) in [6.45, 7) is 0.854. The molecule has 2 aromatic rings. The summed E-state index contributed by atoms with van der Waals surface area (Å²) in [4.78, 5) is 12.1. The lowest BCUT2D eigenvalue weighted by atomic mass is 9.89. The van der Waals surface area contributed by atoms with Crippen molar-refractivity contribution in [1.82, 2.24) is 5.32 Å². The number of rotatable bonds is 4. The van der Waals surface area contributed by atoms with Crippen LogP contribution < -0.4 is 5.32 Å². The van der Waals surface area contributed by atoms with Crippen LogP contribution in [0.3, 0.4) is 0 Å². The van der Waals surface area contributed by atoms with E-state index in [1.54, 1.807) is 0 Å². The van der Waals surface area contributed by atoms with Crippen molar-refractivity contribution in [2.45, 2.75) is 38.5 Å². The second-order valence-electron chi connectivity index (χ2n) is 6.17. The molecule has 0 atom stereocenters. The normalized spacial score (nSPS) is 16.0. The number of fused-ring (bicyclic) bond motifs is 1. The fraction of sp³-hybridized carbons (Fsp3) is 0.421. The van der Waals surface area contributed by atoms with Crippen LogP contribution in [-0.2, 0) is 11.2 Å². The molecule has 0 heterocycles. The molecule has 21 heavy (non-hydrogen) atoms. The minimum absolute atomic E-state index is 0.149. The summed E-state index contributed by atoms with van der Waals surface area (Å²) < 4.78 is 0. The summed E-state index contributed by atoms with van der Waals surface area (Å²) in [5.74, 6) is 0.843. The third kappa shape index (κ3) is 3.84. The third-order valence-corrected chi connectivity index (χ3v) is 4.49. The molecule has 1 N–H and O–H groups in total. The van der Waals surface area contributed by atoms with E-state index in [1.807, 2.05) is 12.1 Å². The highest BCUT2D eigenvalue weighted by atomic mass is 16.1. The molecule has 0 radical (unpaired) electrons. The van der Waals surface area contributed by atoms with Gasteiger partial charge in [-0.15, -0.1) is 0 Å². The van der Waals surface area contributed by atoms with Crippen LogP contribution in [0.15, 0.2) is 42.5 Å².